The van der Waals surface area contributed by atoms with E-state index in [1.807, 2.05) is 0 Å². The molecule has 9 atom stereocenters. The molecule has 0 unspecified atom stereocenters. The zero-order valence-electron chi connectivity index (χ0n) is 43.9. The SMILES string of the molecule is CC(C)[C@@H]1NC(=O)[C@H](NC(=O)[C@H](Cc2ccc(O)cc2)NC(=O)[C@H]2CCCN2C(=O)[C@@H]2CCC(=O)N2)n2cc(c3ccccc32)C[C@@H](C(=O)N[C@@H](CCCCN)C(=O)O)NC(=O)[C@H](CO)NC(=O)[C@H](Cc2ccccc2)NC1=O. The van der Waals surface area contributed by atoms with Crippen LogP contribution in [0.2, 0.25) is 0 Å². The summed E-state index contributed by atoms with van der Waals surface area (Å²) in [6, 6.07) is 10.1. The average Bonchev–Trinajstić information content (AvgIpc) is 4.22. The van der Waals surface area contributed by atoms with E-state index >= 15 is 9.59 Å². The van der Waals surface area contributed by atoms with Crippen LogP contribution < -0.4 is 48.3 Å². The molecule has 0 spiro atoms. The number of carbonyl (C=O) groups excluding carboxylic acids is 9. The van der Waals surface area contributed by atoms with Gasteiger partial charge in [0.25, 0.3) is 5.91 Å². The highest BCUT2D eigenvalue weighted by Crippen LogP contribution is 2.27. The van der Waals surface area contributed by atoms with E-state index < -0.39 is 120 Å². The summed E-state index contributed by atoms with van der Waals surface area (Å²) in [5, 5.41) is 52.5. The molecule has 0 aliphatic carbocycles. The number of unbranched alkanes of at least 4 members (excludes halogenated alkanes) is 1. The predicted octanol–water partition coefficient (Wildman–Crippen LogP) is -0.957. The van der Waals surface area contributed by atoms with Crippen LogP contribution in [0.4, 0.5) is 0 Å². The Labute approximate surface area is 455 Å². The summed E-state index contributed by atoms with van der Waals surface area (Å²) >= 11 is 0. The molecule has 1 aromatic heterocycles. The molecule has 24 heteroatoms. The smallest absolute Gasteiger partial charge is 0.326 e. The van der Waals surface area contributed by atoms with Crippen molar-refractivity contribution in [3.63, 3.8) is 0 Å². The third kappa shape index (κ3) is 14.8. The fourth-order valence-corrected chi connectivity index (χ4v) is 10.1. The highest BCUT2D eigenvalue weighted by Gasteiger charge is 2.42. The van der Waals surface area contributed by atoms with Crippen molar-refractivity contribution in [1.29, 1.82) is 0 Å². The highest BCUT2D eigenvalue weighted by atomic mass is 16.4. The Morgan fingerprint density at radius 1 is 0.734 bits per heavy atom. The van der Waals surface area contributed by atoms with Crippen molar-refractivity contribution in [2.45, 2.75) is 133 Å². The zero-order chi connectivity index (χ0) is 56.9. The van der Waals surface area contributed by atoms with Crippen LogP contribution in [0, 0.1) is 5.92 Å². The van der Waals surface area contributed by atoms with E-state index in [1.54, 1.807) is 68.4 Å². The van der Waals surface area contributed by atoms with Crippen molar-refractivity contribution >= 4 is 70.0 Å². The number of para-hydroxylation sites is 1. The first-order valence-corrected chi connectivity index (χ1v) is 26.5. The van der Waals surface area contributed by atoms with Gasteiger partial charge >= 0.3 is 5.97 Å². The average molecular weight is 1090 g/mol. The van der Waals surface area contributed by atoms with E-state index in [0.29, 0.717) is 41.3 Å². The van der Waals surface area contributed by atoms with Crippen molar-refractivity contribution in [1.82, 2.24) is 52.0 Å². The van der Waals surface area contributed by atoms with Gasteiger partial charge < -0.3 is 73.1 Å². The molecule has 9 amide bonds. The maximum Gasteiger partial charge on any atom is 0.326 e. The van der Waals surface area contributed by atoms with E-state index in [2.05, 4.69) is 42.5 Å². The Morgan fingerprint density at radius 3 is 2.09 bits per heavy atom. The molecular formula is C55H69N11O13. The summed E-state index contributed by atoms with van der Waals surface area (Å²) in [4.78, 5) is 142. The second-order valence-corrected chi connectivity index (χ2v) is 20.4. The lowest BCUT2D eigenvalue weighted by Gasteiger charge is -2.30. The minimum Gasteiger partial charge on any atom is -0.508 e. The molecule has 3 aliphatic heterocycles. The van der Waals surface area contributed by atoms with Crippen LogP contribution in [0.3, 0.4) is 0 Å². The van der Waals surface area contributed by atoms with E-state index in [-0.39, 0.29) is 75.3 Å². The summed E-state index contributed by atoms with van der Waals surface area (Å²) < 4.78 is 1.38. The number of phenols is 1. The second kappa shape index (κ2) is 26.8. The molecule has 2 bridgehead atoms. The number of aliphatic carboxylic acids is 1. The zero-order valence-corrected chi connectivity index (χ0v) is 43.9. The van der Waals surface area contributed by atoms with Crippen LogP contribution in [0.5, 0.6) is 5.75 Å². The molecular weight excluding hydrogens is 1020 g/mol. The number of nitrogens with zero attached hydrogens (tertiary/aromatic N) is 2. The van der Waals surface area contributed by atoms with Gasteiger partial charge in [0.15, 0.2) is 6.17 Å². The van der Waals surface area contributed by atoms with Gasteiger partial charge in [0.05, 0.1) is 12.1 Å². The predicted molar refractivity (Wildman–Crippen MR) is 285 cm³/mol. The van der Waals surface area contributed by atoms with Crippen LogP contribution in [-0.4, -0.2) is 152 Å². The van der Waals surface area contributed by atoms with Gasteiger partial charge in [-0.25, -0.2) is 4.79 Å². The lowest BCUT2D eigenvalue weighted by atomic mass is 10.0. The molecule has 0 saturated carbocycles. The standard InChI is InChI=1S/C55H69N11O13/c1-30(2)45-52(75)61-38(25-31-11-4-3-5-12-31)47(70)62-41(29-67)50(73)59-40(48(71)58-37(55(78)79)14-8-9-23-56)27-33-28-66(42-15-7-6-13-35(33)42)46(53(76)63-45)64-49(72)39(26-32-17-19-34(68)20-18-32)60-51(74)43-16-10-24-65(43)54(77)36-21-22-44(69)57-36/h3-7,11-13,15,17-20,28,30,36-41,43,45-46,67-68H,8-10,14,16,21-27,29,56H2,1-2H3,(H,57,69)(H,58,71)(H,59,73)(H,60,74)(H,61,75)(H,62,70)(H,63,76)(H,64,72)(H,78,79)/t36-,37-,38-,39-,40-,41-,43+,45-,46+/m0/s1. The summed E-state index contributed by atoms with van der Waals surface area (Å²) in [5.74, 6) is -9.13. The highest BCUT2D eigenvalue weighted by molar-refractivity contribution is 6.00. The van der Waals surface area contributed by atoms with Crippen molar-refractivity contribution in [3.05, 3.63) is 102 Å². The van der Waals surface area contributed by atoms with Crippen molar-refractivity contribution in [3.8, 4) is 5.75 Å². The largest absolute Gasteiger partial charge is 0.508 e. The van der Waals surface area contributed by atoms with Crippen LogP contribution >= 0.6 is 0 Å². The van der Waals surface area contributed by atoms with Crippen LogP contribution in [0.15, 0.2) is 85.1 Å². The lowest BCUT2D eigenvalue weighted by molar-refractivity contribution is -0.142. The van der Waals surface area contributed by atoms with Gasteiger partial charge in [0, 0.05) is 43.8 Å². The monoisotopic (exact) mass is 1090 g/mol. The fraction of sp³-hybridized carbons (Fsp3) is 0.455. The number of likely N-dealkylation sites (tertiary alicyclic amines) is 1. The first kappa shape index (κ1) is 58.3. The number of rotatable bonds is 18. The third-order valence-corrected chi connectivity index (χ3v) is 14.4. The van der Waals surface area contributed by atoms with Crippen molar-refractivity contribution in [2.24, 2.45) is 11.7 Å². The maximum atomic E-state index is 15.2. The number of aliphatic hydroxyl groups is 1. The molecule has 3 aliphatic rings. The Kier molecular flexibility index (Phi) is 19.8. The molecule has 2 saturated heterocycles. The molecule has 79 heavy (non-hydrogen) atoms. The number of nitrogens with two attached hydrogens (primary N) is 1. The number of fused-ring (bicyclic) bond motifs is 5. The van der Waals surface area contributed by atoms with Crippen LogP contribution in [0.1, 0.15) is 81.6 Å². The van der Waals surface area contributed by atoms with Gasteiger partial charge in [0.2, 0.25) is 47.3 Å². The Hall–Kier alpha value is -8.38. The van der Waals surface area contributed by atoms with Crippen molar-refractivity contribution < 1.29 is 63.3 Å². The molecule has 0 radical (unpaired) electrons. The second-order valence-electron chi connectivity index (χ2n) is 20.4. The van der Waals surface area contributed by atoms with Crippen LogP contribution in [-0.2, 0) is 67.2 Å². The molecule has 422 valence electrons. The van der Waals surface area contributed by atoms with Gasteiger partial charge in [-0.15, -0.1) is 0 Å². The molecule has 4 heterocycles. The molecule has 2 fully saturated rings. The number of phenolic OH excluding ortho intramolecular Hbond substituents is 1. The van der Waals surface area contributed by atoms with Crippen molar-refractivity contribution in [2.75, 3.05) is 19.7 Å². The quantitative estimate of drug-likeness (QED) is 0.0535. The third-order valence-electron chi connectivity index (χ3n) is 14.4. The number of carbonyl (C=O) groups is 10. The summed E-state index contributed by atoms with van der Waals surface area (Å²) in [6.45, 7) is 2.80. The molecule has 3 aromatic carbocycles. The van der Waals surface area contributed by atoms with E-state index in [0.717, 1.165) is 0 Å². The summed E-state index contributed by atoms with van der Waals surface area (Å²) in [5.41, 5.74) is 7.29. The number of hydrogen-bond acceptors (Lipinski definition) is 13. The summed E-state index contributed by atoms with van der Waals surface area (Å²) in [7, 11) is 0. The molecule has 7 rings (SSSR count). The molecule has 24 nitrogen and oxygen atoms in total. The van der Waals surface area contributed by atoms with Gasteiger partial charge in [-0.3, -0.25) is 43.2 Å². The number of nitrogens with one attached hydrogen (secondary N) is 8. The Bertz CT molecular complexity index is 2900. The fourth-order valence-electron chi connectivity index (χ4n) is 10.1. The molecule has 4 aromatic rings. The lowest BCUT2D eigenvalue weighted by Crippen LogP contribution is -2.61. The Balaban J connectivity index is 1.31. The first-order valence-electron chi connectivity index (χ1n) is 26.5. The minimum atomic E-state index is -1.77. The number of carboxylic acid groups (broad SMARTS) is 1. The maximum absolute atomic E-state index is 15.2. The number of aromatic hydroxyl groups is 1. The number of amides is 9. The first-order chi connectivity index (χ1) is 37.8. The van der Waals surface area contributed by atoms with Crippen LogP contribution in [0.25, 0.3) is 10.9 Å². The normalized spacial score (nSPS) is 22.8. The van der Waals surface area contributed by atoms with Gasteiger partial charge in [-0.2, -0.15) is 0 Å². The number of carboxylic acids is 1. The number of hydrogen-bond donors (Lipinski definition) is 12. The molecule has 13 N–H and O–H groups in total. The van der Waals surface area contributed by atoms with E-state index in [9.17, 15) is 53.7 Å². The topological polar surface area (TPSA) is 362 Å². The number of benzene rings is 3. The Morgan fingerprint density at radius 2 is 1.42 bits per heavy atom. The number of aromatic nitrogens is 1. The van der Waals surface area contributed by atoms with E-state index in [4.69, 9.17) is 5.73 Å². The number of aliphatic hydroxyl groups excluding tert-OH is 1. The van der Waals surface area contributed by atoms with Gasteiger partial charge in [-0.1, -0.05) is 74.5 Å². The van der Waals surface area contributed by atoms with Gasteiger partial charge in [0.1, 0.15) is 54.1 Å². The van der Waals surface area contributed by atoms with Gasteiger partial charge in [-0.05, 0) is 85.9 Å². The minimum absolute atomic E-state index is 0.0126. The van der Waals surface area contributed by atoms with E-state index in [1.165, 1.54) is 39.9 Å². The summed E-state index contributed by atoms with van der Waals surface area (Å²) in [6.07, 6.45) is 0.847.